The summed E-state index contributed by atoms with van der Waals surface area (Å²) >= 11 is 0. The summed E-state index contributed by atoms with van der Waals surface area (Å²) in [7, 11) is 0. The molecule has 0 bridgehead atoms. The molecular weight excluding hydrogens is 228 g/mol. The number of amidine groups is 1. The number of fused-ring (bicyclic) bond motifs is 1. The summed E-state index contributed by atoms with van der Waals surface area (Å²) in [6.07, 6.45) is 0. The molecule has 4 nitrogen and oxygen atoms in total. The van der Waals surface area contributed by atoms with Gasteiger partial charge in [0.25, 0.3) is 11.9 Å². The van der Waals surface area contributed by atoms with Crippen LogP contribution in [0.4, 0.5) is 0 Å². The van der Waals surface area contributed by atoms with Gasteiger partial charge in [0, 0.05) is 5.56 Å². The third-order valence-corrected chi connectivity index (χ3v) is 3.23. The van der Waals surface area contributed by atoms with Crippen molar-refractivity contribution in [2.45, 2.75) is 12.5 Å². The van der Waals surface area contributed by atoms with Crippen LogP contribution in [0.1, 0.15) is 12.5 Å². The maximum atomic E-state index is 11.9. The lowest BCUT2D eigenvalue weighted by atomic mass is 9.93. The summed E-state index contributed by atoms with van der Waals surface area (Å²) in [5, 5.41) is 2.17. The minimum Gasteiger partial charge on any atom is -0.444 e. The van der Waals surface area contributed by atoms with Crippen LogP contribution in [0.5, 0.6) is 0 Å². The average Bonchev–Trinajstić information content (AvgIpc) is 2.63. The molecule has 1 atom stereocenters. The molecule has 3 rings (SSSR count). The fourth-order valence-corrected chi connectivity index (χ4v) is 2.15. The van der Waals surface area contributed by atoms with Crippen molar-refractivity contribution >= 4 is 22.7 Å². The molecule has 0 radical (unpaired) electrons. The van der Waals surface area contributed by atoms with Crippen LogP contribution in [0.2, 0.25) is 0 Å². The number of ether oxygens (including phenoxy) is 1. The number of amides is 1. The van der Waals surface area contributed by atoms with Crippen molar-refractivity contribution in [3.63, 3.8) is 0 Å². The van der Waals surface area contributed by atoms with E-state index < -0.39 is 5.60 Å². The van der Waals surface area contributed by atoms with E-state index in [4.69, 9.17) is 10.5 Å². The van der Waals surface area contributed by atoms with Gasteiger partial charge in [-0.3, -0.25) is 4.79 Å². The van der Waals surface area contributed by atoms with Gasteiger partial charge in [-0.05, 0) is 23.8 Å². The van der Waals surface area contributed by atoms with Gasteiger partial charge in [0.15, 0.2) is 0 Å². The zero-order valence-electron chi connectivity index (χ0n) is 9.88. The Hall–Kier alpha value is -2.36. The van der Waals surface area contributed by atoms with E-state index in [-0.39, 0.29) is 11.9 Å². The Morgan fingerprint density at radius 3 is 2.56 bits per heavy atom. The molecule has 0 saturated carbocycles. The van der Waals surface area contributed by atoms with Crippen molar-refractivity contribution < 1.29 is 9.53 Å². The Balaban J connectivity index is 2.13. The van der Waals surface area contributed by atoms with Gasteiger partial charge in [0.1, 0.15) is 0 Å². The molecule has 2 N–H and O–H groups in total. The molecule has 0 aromatic heterocycles. The van der Waals surface area contributed by atoms with Gasteiger partial charge in [-0.15, -0.1) is 0 Å². The van der Waals surface area contributed by atoms with Crippen LogP contribution in [-0.4, -0.2) is 11.9 Å². The standard InChI is InChI=1S/C14H12N2O2/c1-14(12(17)16-13(15)18-14)11-7-6-9-4-2-3-5-10(9)8-11/h2-8H,1H3,(H2,15,16,17). The van der Waals surface area contributed by atoms with Crippen LogP contribution in [0.3, 0.4) is 0 Å². The van der Waals surface area contributed by atoms with E-state index in [0.29, 0.717) is 0 Å². The zero-order chi connectivity index (χ0) is 12.8. The topological polar surface area (TPSA) is 64.7 Å². The number of nitrogens with zero attached hydrogens (tertiary/aromatic N) is 1. The van der Waals surface area contributed by atoms with E-state index in [2.05, 4.69) is 4.99 Å². The van der Waals surface area contributed by atoms with Gasteiger partial charge in [-0.1, -0.05) is 36.4 Å². The van der Waals surface area contributed by atoms with Crippen molar-refractivity contribution in [3.05, 3.63) is 48.0 Å². The largest absolute Gasteiger partial charge is 0.444 e. The summed E-state index contributed by atoms with van der Waals surface area (Å²) in [6, 6.07) is 13.6. The molecule has 0 fully saturated rings. The lowest BCUT2D eigenvalue weighted by Gasteiger charge is -2.21. The number of benzene rings is 2. The fourth-order valence-electron chi connectivity index (χ4n) is 2.15. The number of rotatable bonds is 1. The van der Waals surface area contributed by atoms with Gasteiger partial charge in [-0.25, -0.2) is 0 Å². The summed E-state index contributed by atoms with van der Waals surface area (Å²) in [6.45, 7) is 1.68. The van der Waals surface area contributed by atoms with E-state index in [1.165, 1.54) is 0 Å². The number of aliphatic imine (C=N–C) groups is 1. The predicted molar refractivity (Wildman–Crippen MR) is 69.0 cm³/mol. The van der Waals surface area contributed by atoms with Crippen LogP contribution in [0.15, 0.2) is 47.5 Å². The second-order valence-corrected chi connectivity index (χ2v) is 4.45. The molecule has 0 spiro atoms. The molecule has 1 heterocycles. The van der Waals surface area contributed by atoms with Crippen molar-refractivity contribution in [2.24, 2.45) is 10.7 Å². The highest BCUT2D eigenvalue weighted by atomic mass is 16.5. The third kappa shape index (κ3) is 1.46. The molecule has 1 amide bonds. The molecule has 0 saturated heterocycles. The highest BCUT2D eigenvalue weighted by Gasteiger charge is 2.43. The van der Waals surface area contributed by atoms with Crippen molar-refractivity contribution in [1.29, 1.82) is 0 Å². The zero-order valence-corrected chi connectivity index (χ0v) is 9.88. The molecule has 1 aliphatic rings. The minimum atomic E-state index is -1.10. The summed E-state index contributed by atoms with van der Waals surface area (Å²) in [4.78, 5) is 15.5. The molecule has 0 aliphatic carbocycles. The van der Waals surface area contributed by atoms with E-state index in [1.807, 2.05) is 42.5 Å². The van der Waals surface area contributed by atoms with Gasteiger partial charge in [0.2, 0.25) is 5.60 Å². The summed E-state index contributed by atoms with van der Waals surface area (Å²) in [5.41, 5.74) is 5.11. The SMILES string of the molecule is CC1(c2ccc3ccccc3c2)OC(N)=NC1=O. The fraction of sp³-hybridized carbons (Fsp3) is 0.143. The lowest BCUT2D eigenvalue weighted by Crippen LogP contribution is -2.31. The minimum absolute atomic E-state index is 0.0735. The number of carbonyl (C=O) groups excluding carboxylic acids is 1. The van der Waals surface area contributed by atoms with E-state index in [1.54, 1.807) is 6.92 Å². The Morgan fingerprint density at radius 2 is 1.89 bits per heavy atom. The monoisotopic (exact) mass is 240 g/mol. The van der Waals surface area contributed by atoms with Crippen LogP contribution in [0, 0.1) is 0 Å². The second-order valence-electron chi connectivity index (χ2n) is 4.45. The van der Waals surface area contributed by atoms with E-state index in [9.17, 15) is 4.79 Å². The third-order valence-electron chi connectivity index (χ3n) is 3.23. The van der Waals surface area contributed by atoms with Crippen LogP contribution in [0.25, 0.3) is 10.8 Å². The highest BCUT2D eigenvalue weighted by Crippen LogP contribution is 2.32. The van der Waals surface area contributed by atoms with Gasteiger partial charge >= 0.3 is 0 Å². The molecule has 2 aromatic carbocycles. The first-order valence-electron chi connectivity index (χ1n) is 5.66. The van der Waals surface area contributed by atoms with Gasteiger partial charge in [0.05, 0.1) is 0 Å². The van der Waals surface area contributed by atoms with Crippen molar-refractivity contribution in [3.8, 4) is 0 Å². The Morgan fingerprint density at radius 1 is 1.17 bits per heavy atom. The molecule has 2 aromatic rings. The second kappa shape index (κ2) is 3.57. The molecule has 90 valence electrons. The summed E-state index contributed by atoms with van der Waals surface area (Å²) in [5.74, 6) is -0.365. The van der Waals surface area contributed by atoms with Crippen LogP contribution < -0.4 is 5.73 Å². The number of hydrogen-bond acceptors (Lipinski definition) is 3. The lowest BCUT2D eigenvalue weighted by molar-refractivity contribution is -0.130. The first-order valence-corrected chi connectivity index (χ1v) is 5.66. The molecular formula is C14H12N2O2. The molecule has 1 aliphatic heterocycles. The predicted octanol–water partition coefficient (Wildman–Crippen LogP) is 1.93. The molecule has 1 unspecified atom stereocenters. The van der Waals surface area contributed by atoms with Crippen molar-refractivity contribution in [2.75, 3.05) is 0 Å². The number of hydrogen-bond donors (Lipinski definition) is 1. The van der Waals surface area contributed by atoms with Crippen LogP contribution in [-0.2, 0) is 15.1 Å². The number of nitrogens with two attached hydrogens (primary N) is 1. The Kier molecular flexibility index (Phi) is 2.13. The smallest absolute Gasteiger partial charge is 0.298 e. The highest BCUT2D eigenvalue weighted by molar-refractivity contribution is 6.01. The normalized spacial score (nSPS) is 22.9. The Bertz CT molecular complexity index is 678. The van der Waals surface area contributed by atoms with Crippen LogP contribution >= 0.6 is 0 Å². The first-order chi connectivity index (χ1) is 8.59. The van der Waals surface area contributed by atoms with Crippen molar-refractivity contribution in [1.82, 2.24) is 0 Å². The first kappa shape index (κ1) is 10.8. The van der Waals surface area contributed by atoms with Gasteiger partial charge < -0.3 is 10.5 Å². The quantitative estimate of drug-likeness (QED) is 0.828. The maximum absolute atomic E-state index is 11.9. The van der Waals surface area contributed by atoms with E-state index in [0.717, 1.165) is 16.3 Å². The maximum Gasteiger partial charge on any atom is 0.298 e. The average molecular weight is 240 g/mol. The van der Waals surface area contributed by atoms with E-state index >= 15 is 0 Å². The molecule has 4 heteroatoms. The Labute approximate surface area is 104 Å². The van der Waals surface area contributed by atoms with Gasteiger partial charge in [-0.2, -0.15) is 4.99 Å². The number of carbonyl (C=O) groups is 1. The summed E-state index contributed by atoms with van der Waals surface area (Å²) < 4.78 is 5.37. The molecule has 18 heavy (non-hydrogen) atoms.